The van der Waals surface area contributed by atoms with Gasteiger partial charge in [0.25, 0.3) is 0 Å². The summed E-state index contributed by atoms with van der Waals surface area (Å²) in [6, 6.07) is 21.3. The number of nitrogens with zero attached hydrogens (tertiary/aromatic N) is 1. The molecule has 0 saturated carbocycles. The van der Waals surface area contributed by atoms with E-state index in [2.05, 4.69) is 11.1 Å². The number of carbonyl (C=O) groups is 1. The van der Waals surface area contributed by atoms with Crippen LogP contribution in [0.25, 0.3) is 22.4 Å². The van der Waals surface area contributed by atoms with E-state index in [4.69, 9.17) is 4.74 Å². The molecule has 3 heteroatoms. The van der Waals surface area contributed by atoms with Crippen molar-refractivity contribution >= 4 is 5.97 Å². The molecule has 0 fully saturated rings. The van der Waals surface area contributed by atoms with Gasteiger partial charge in [-0.1, -0.05) is 42.5 Å². The monoisotopic (exact) mass is 289 g/mol. The predicted molar refractivity (Wildman–Crippen MR) is 86.4 cm³/mol. The summed E-state index contributed by atoms with van der Waals surface area (Å²) in [7, 11) is 1.38. The van der Waals surface area contributed by atoms with E-state index in [0.717, 1.165) is 22.4 Å². The Morgan fingerprint density at radius 1 is 0.864 bits per heavy atom. The highest BCUT2D eigenvalue weighted by Crippen LogP contribution is 2.30. The maximum Gasteiger partial charge on any atom is 0.337 e. The van der Waals surface area contributed by atoms with Crippen LogP contribution in [0.1, 0.15) is 10.4 Å². The number of methoxy groups -OCH3 is 1. The second-order valence-corrected chi connectivity index (χ2v) is 4.83. The molecule has 0 bridgehead atoms. The highest BCUT2D eigenvalue weighted by atomic mass is 16.5. The van der Waals surface area contributed by atoms with Gasteiger partial charge in [-0.05, 0) is 35.4 Å². The summed E-state index contributed by atoms with van der Waals surface area (Å²) in [5.74, 6) is -0.329. The number of hydrogen-bond acceptors (Lipinski definition) is 3. The minimum Gasteiger partial charge on any atom is -0.465 e. The summed E-state index contributed by atoms with van der Waals surface area (Å²) in [5, 5.41) is 0. The van der Waals surface area contributed by atoms with Crippen molar-refractivity contribution in [3.63, 3.8) is 0 Å². The zero-order valence-electron chi connectivity index (χ0n) is 12.2. The minimum absolute atomic E-state index is 0.329. The van der Waals surface area contributed by atoms with Crippen LogP contribution >= 0.6 is 0 Å². The van der Waals surface area contributed by atoms with Crippen LogP contribution in [0, 0.1) is 0 Å². The third kappa shape index (κ3) is 2.74. The molecule has 1 heterocycles. The average Bonchev–Trinajstić information content (AvgIpc) is 2.62. The summed E-state index contributed by atoms with van der Waals surface area (Å²) >= 11 is 0. The van der Waals surface area contributed by atoms with Gasteiger partial charge in [-0.3, -0.25) is 4.98 Å². The van der Waals surface area contributed by atoms with Gasteiger partial charge in [0.05, 0.1) is 18.4 Å². The fourth-order valence-corrected chi connectivity index (χ4v) is 2.38. The third-order valence-electron chi connectivity index (χ3n) is 3.48. The standard InChI is InChI=1S/C19H15NO2/c1-22-19(21)15-11-9-14(10-12-15)16-6-2-3-7-17(16)18-8-4-5-13-20-18/h2-13H,1H3. The number of benzene rings is 2. The topological polar surface area (TPSA) is 39.2 Å². The van der Waals surface area contributed by atoms with Crippen LogP contribution in [0.5, 0.6) is 0 Å². The molecule has 0 aliphatic rings. The number of hydrogen-bond donors (Lipinski definition) is 0. The summed E-state index contributed by atoms with van der Waals surface area (Å²) in [4.78, 5) is 15.9. The Morgan fingerprint density at radius 2 is 1.55 bits per heavy atom. The Labute approximate surface area is 129 Å². The van der Waals surface area contributed by atoms with E-state index in [-0.39, 0.29) is 5.97 Å². The normalized spacial score (nSPS) is 10.2. The van der Waals surface area contributed by atoms with Gasteiger partial charge >= 0.3 is 5.97 Å². The van der Waals surface area contributed by atoms with Crippen molar-refractivity contribution in [1.29, 1.82) is 0 Å². The summed E-state index contributed by atoms with van der Waals surface area (Å²) in [6.07, 6.45) is 1.78. The molecular formula is C19H15NO2. The van der Waals surface area contributed by atoms with E-state index in [0.29, 0.717) is 5.56 Å². The first-order valence-corrected chi connectivity index (χ1v) is 6.99. The van der Waals surface area contributed by atoms with Crippen molar-refractivity contribution in [3.05, 3.63) is 78.5 Å². The lowest BCUT2D eigenvalue weighted by Crippen LogP contribution is -2.00. The molecule has 3 rings (SSSR count). The molecule has 0 aliphatic carbocycles. The van der Waals surface area contributed by atoms with Crippen molar-refractivity contribution in [2.45, 2.75) is 0 Å². The molecule has 0 aliphatic heterocycles. The van der Waals surface area contributed by atoms with Gasteiger partial charge < -0.3 is 4.74 Å². The molecule has 0 radical (unpaired) electrons. The number of rotatable bonds is 3. The van der Waals surface area contributed by atoms with E-state index < -0.39 is 0 Å². The number of pyridine rings is 1. The van der Waals surface area contributed by atoms with E-state index in [1.165, 1.54) is 7.11 Å². The Morgan fingerprint density at radius 3 is 2.18 bits per heavy atom. The van der Waals surface area contributed by atoms with E-state index >= 15 is 0 Å². The maximum absolute atomic E-state index is 11.5. The Bertz CT molecular complexity index is 780. The summed E-state index contributed by atoms with van der Waals surface area (Å²) < 4.78 is 4.73. The molecule has 0 unspecified atom stereocenters. The molecule has 0 spiro atoms. The molecule has 0 N–H and O–H groups in total. The molecule has 0 saturated heterocycles. The van der Waals surface area contributed by atoms with E-state index in [1.807, 2.05) is 48.5 Å². The van der Waals surface area contributed by atoms with Gasteiger partial charge in [0.1, 0.15) is 0 Å². The molecule has 0 amide bonds. The summed E-state index contributed by atoms with van der Waals surface area (Å²) in [6.45, 7) is 0. The van der Waals surface area contributed by atoms with Crippen molar-refractivity contribution < 1.29 is 9.53 Å². The first kappa shape index (κ1) is 14.0. The fourth-order valence-electron chi connectivity index (χ4n) is 2.38. The van der Waals surface area contributed by atoms with E-state index in [9.17, 15) is 4.79 Å². The fraction of sp³-hybridized carbons (Fsp3) is 0.0526. The molecule has 108 valence electrons. The van der Waals surface area contributed by atoms with Crippen LogP contribution in [0.15, 0.2) is 72.9 Å². The van der Waals surface area contributed by atoms with Crippen LogP contribution in [0.2, 0.25) is 0 Å². The van der Waals surface area contributed by atoms with Gasteiger partial charge in [-0.15, -0.1) is 0 Å². The second-order valence-electron chi connectivity index (χ2n) is 4.83. The molecule has 3 nitrogen and oxygen atoms in total. The van der Waals surface area contributed by atoms with Gasteiger partial charge in [0.2, 0.25) is 0 Å². The van der Waals surface area contributed by atoms with Crippen molar-refractivity contribution in [2.24, 2.45) is 0 Å². The quantitative estimate of drug-likeness (QED) is 0.678. The Hall–Kier alpha value is -2.94. The lowest BCUT2D eigenvalue weighted by Gasteiger charge is -2.09. The van der Waals surface area contributed by atoms with Gasteiger partial charge in [0.15, 0.2) is 0 Å². The third-order valence-corrected chi connectivity index (χ3v) is 3.48. The Balaban J connectivity index is 2.04. The number of esters is 1. The molecule has 22 heavy (non-hydrogen) atoms. The number of carbonyl (C=O) groups excluding carboxylic acids is 1. The minimum atomic E-state index is -0.329. The molecule has 3 aromatic rings. The van der Waals surface area contributed by atoms with Gasteiger partial charge in [0, 0.05) is 11.8 Å². The van der Waals surface area contributed by atoms with Crippen molar-refractivity contribution in [3.8, 4) is 22.4 Å². The van der Waals surface area contributed by atoms with Crippen LogP contribution < -0.4 is 0 Å². The van der Waals surface area contributed by atoms with Crippen LogP contribution in [-0.2, 0) is 4.74 Å². The van der Waals surface area contributed by atoms with Gasteiger partial charge in [-0.2, -0.15) is 0 Å². The Kier molecular flexibility index (Phi) is 3.97. The average molecular weight is 289 g/mol. The van der Waals surface area contributed by atoms with Crippen LogP contribution in [-0.4, -0.2) is 18.1 Å². The highest BCUT2D eigenvalue weighted by molar-refractivity contribution is 5.90. The second kappa shape index (κ2) is 6.22. The summed E-state index contributed by atoms with van der Waals surface area (Å²) in [5.41, 5.74) is 4.65. The highest BCUT2D eigenvalue weighted by Gasteiger charge is 2.09. The first-order valence-electron chi connectivity index (χ1n) is 6.99. The van der Waals surface area contributed by atoms with Crippen molar-refractivity contribution in [1.82, 2.24) is 4.98 Å². The lowest BCUT2D eigenvalue weighted by atomic mass is 9.96. The number of aromatic nitrogens is 1. The van der Waals surface area contributed by atoms with Crippen LogP contribution in [0.4, 0.5) is 0 Å². The first-order chi connectivity index (χ1) is 10.8. The molecule has 1 aromatic heterocycles. The van der Waals surface area contributed by atoms with Crippen LogP contribution in [0.3, 0.4) is 0 Å². The van der Waals surface area contributed by atoms with Gasteiger partial charge in [-0.25, -0.2) is 4.79 Å². The molecule has 0 atom stereocenters. The zero-order chi connectivity index (χ0) is 15.4. The SMILES string of the molecule is COC(=O)c1ccc(-c2ccccc2-c2ccccn2)cc1. The molecular weight excluding hydrogens is 274 g/mol. The maximum atomic E-state index is 11.5. The van der Waals surface area contributed by atoms with Crippen molar-refractivity contribution in [2.75, 3.05) is 7.11 Å². The van der Waals surface area contributed by atoms with E-state index in [1.54, 1.807) is 18.3 Å². The predicted octanol–water partition coefficient (Wildman–Crippen LogP) is 4.20. The largest absolute Gasteiger partial charge is 0.465 e. The smallest absolute Gasteiger partial charge is 0.337 e. The lowest BCUT2D eigenvalue weighted by molar-refractivity contribution is 0.0601. The molecule has 2 aromatic carbocycles. The number of ether oxygens (including phenoxy) is 1. The zero-order valence-corrected chi connectivity index (χ0v) is 12.2.